The Morgan fingerprint density at radius 3 is 2.78 bits per heavy atom. The van der Waals surface area contributed by atoms with Crippen LogP contribution in [-0.4, -0.2) is 9.97 Å². The van der Waals surface area contributed by atoms with Crippen molar-refractivity contribution in [3.8, 4) is 0 Å². The molecule has 1 aromatic heterocycles. The van der Waals surface area contributed by atoms with Gasteiger partial charge in [-0.25, -0.2) is 9.97 Å². The number of hydrogen-bond acceptors (Lipinski definition) is 3. The third-order valence-electron chi connectivity index (χ3n) is 2.65. The molecule has 0 N–H and O–H groups in total. The van der Waals surface area contributed by atoms with E-state index in [9.17, 15) is 0 Å². The highest BCUT2D eigenvalue weighted by Gasteiger charge is 2.27. The molecule has 0 radical (unpaired) electrons. The van der Waals surface area contributed by atoms with E-state index in [1.807, 2.05) is 30.3 Å². The van der Waals surface area contributed by atoms with Gasteiger partial charge in [0.15, 0.2) is 0 Å². The minimum Gasteiger partial charge on any atom is -0.226 e. The molecule has 0 unspecified atom stereocenters. The lowest BCUT2D eigenvalue weighted by Crippen LogP contribution is -1.94. The first-order valence-electron chi connectivity index (χ1n) is 5.68. The van der Waals surface area contributed by atoms with E-state index in [-0.39, 0.29) is 0 Å². The summed E-state index contributed by atoms with van der Waals surface area (Å²) in [6.45, 7) is 0. The first-order valence-corrected chi connectivity index (χ1v) is 7.67. The summed E-state index contributed by atoms with van der Waals surface area (Å²) < 4.78 is 0.851. The molecule has 1 fully saturated rings. The van der Waals surface area contributed by atoms with Gasteiger partial charge in [-0.05, 0) is 47.0 Å². The smallest absolute Gasteiger partial charge is 0.134 e. The van der Waals surface area contributed by atoms with Crippen molar-refractivity contribution in [2.75, 3.05) is 0 Å². The first kappa shape index (κ1) is 12.5. The molecular formula is C13H10BrClN2S. The predicted molar refractivity (Wildman–Crippen MR) is 77.3 cm³/mol. The summed E-state index contributed by atoms with van der Waals surface area (Å²) >= 11 is 11.0. The van der Waals surface area contributed by atoms with Crippen LogP contribution in [0.1, 0.15) is 24.6 Å². The van der Waals surface area contributed by atoms with Crippen LogP contribution in [0.25, 0.3) is 0 Å². The van der Waals surface area contributed by atoms with Gasteiger partial charge in [0.2, 0.25) is 0 Å². The predicted octanol–water partition coefficient (Wildman–Crippen LogP) is 4.92. The largest absolute Gasteiger partial charge is 0.226 e. The molecule has 0 saturated heterocycles. The number of benzene rings is 1. The van der Waals surface area contributed by atoms with Crippen LogP contribution < -0.4 is 0 Å². The van der Waals surface area contributed by atoms with Crippen LogP contribution in [0.4, 0.5) is 0 Å². The lowest BCUT2D eigenvalue weighted by atomic mass is 10.4. The summed E-state index contributed by atoms with van der Waals surface area (Å²) in [5.74, 6) is 1.51. The SMILES string of the molecule is Clc1cccc(Sc2cc(Br)nc(C3CC3)n2)c1. The molecule has 0 bridgehead atoms. The van der Waals surface area contributed by atoms with E-state index in [4.69, 9.17) is 11.6 Å². The standard InChI is InChI=1S/C13H10BrClN2S/c14-11-7-12(17-13(16-11)8-4-5-8)18-10-3-1-2-9(15)6-10/h1-3,6-8H,4-5H2. The van der Waals surface area contributed by atoms with Crippen LogP contribution in [0, 0.1) is 0 Å². The molecular weight excluding hydrogens is 332 g/mol. The number of nitrogens with zero attached hydrogens (tertiary/aromatic N) is 2. The molecule has 2 nitrogen and oxygen atoms in total. The second kappa shape index (κ2) is 5.19. The summed E-state index contributed by atoms with van der Waals surface area (Å²) in [5, 5.41) is 1.71. The highest BCUT2D eigenvalue weighted by Crippen LogP contribution is 2.39. The quantitative estimate of drug-likeness (QED) is 0.741. The summed E-state index contributed by atoms with van der Waals surface area (Å²) in [4.78, 5) is 10.1. The molecule has 1 aliphatic rings. The van der Waals surface area contributed by atoms with Gasteiger partial charge in [-0.15, -0.1) is 0 Å². The molecule has 92 valence electrons. The van der Waals surface area contributed by atoms with E-state index in [1.54, 1.807) is 11.8 Å². The van der Waals surface area contributed by atoms with Crippen molar-refractivity contribution < 1.29 is 0 Å². The van der Waals surface area contributed by atoms with E-state index in [0.29, 0.717) is 5.92 Å². The molecule has 5 heteroatoms. The highest BCUT2D eigenvalue weighted by atomic mass is 79.9. The third-order valence-corrected chi connectivity index (χ3v) is 4.20. The molecule has 0 atom stereocenters. The molecule has 18 heavy (non-hydrogen) atoms. The van der Waals surface area contributed by atoms with Gasteiger partial charge < -0.3 is 0 Å². The zero-order valence-corrected chi connectivity index (χ0v) is 12.6. The molecule has 0 aliphatic heterocycles. The monoisotopic (exact) mass is 340 g/mol. The van der Waals surface area contributed by atoms with Crippen molar-refractivity contribution in [1.29, 1.82) is 0 Å². The second-order valence-corrected chi connectivity index (χ2v) is 6.56. The summed E-state index contributed by atoms with van der Waals surface area (Å²) in [7, 11) is 0. The zero-order chi connectivity index (χ0) is 12.5. The lowest BCUT2D eigenvalue weighted by molar-refractivity contribution is 0.866. The van der Waals surface area contributed by atoms with Crippen molar-refractivity contribution in [2.45, 2.75) is 28.7 Å². The van der Waals surface area contributed by atoms with Gasteiger partial charge >= 0.3 is 0 Å². The van der Waals surface area contributed by atoms with Crippen LogP contribution in [-0.2, 0) is 0 Å². The van der Waals surface area contributed by atoms with Crippen LogP contribution in [0.5, 0.6) is 0 Å². The molecule has 2 aromatic rings. The van der Waals surface area contributed by atoms with Gasteiger partial charge in [-0.2, -0.15) is 0 Å². The Balaban J connectivity index is 1.87. The van der Waals surface area contributed by atoms with Crippen LogP contribution >= 0.6 is 39.3 Å². The Bertz CT molecular complexity index is 587. The molecule has 0 amide bonds. The molecule has 3 rings (SSSR count). The van der Waals surface area contributed by atoms with E-state index >= 15 is 0 Å². The second-order valence-electron chi connectivity index (χ2n) is 4.22. The van der Waals surface area contributed by atoms with Gasteiger partial charge in [0.25, 0.3) is 0 Å². The van der Waals surface area contributed by atoms with E-state index in [1.165, 1.54) is 12.8 Å². The van der Waals surface area contributed by atoms with Crippen LogP contribution in [0.2, 0.25) is 5.02 Å². The minimum absolute atomic E-state index is 0.557. The Kier molecular flexibility index (Phi) is 3.59. The third kappa shape index (κ3) is 3.05. The normalized spacial score (nSPS) is 14.8. The summed E-state index contributed by atoms with van der Waals surface area (Å²) in [5.41, 5.74) is 0. The molecule has 1 aliphatic carbocycles. The van der Waals surface area contributed by atoms with Gasteiger partial charge in [0.05, 0.1) is 0 Å². The maximum absolute atomic E-state index is 5.98. The Labute approximate surface area is 123 Å². The number of hydrogen-bond donors (Lipinski definition) is 0. The fourth-order valence-corrected chi connectivity index (χ4v) is 3.33. The van der Waals surface area contributed by atoms with Crippen molar-refractivity contribution >= 4 is 39.3 Å². The number of aromatic nitrogens is 2. The van der Waals surface area contributed by atoms with Crippen molar-refractivity contribution in [1.82, 2.24) is 9.97 Å². The maximum atomic E-state index is 5.98. The average molecular weight is 342 g/mol. The number of halogens is 2. The van der Waals surface area contributed by atoms with Gasteiger partial charge in [0, 0.05) is 21.9 Å². The molecule has 0 spiro atoms. The fraction of sp³-hybridized carbons (Fsp3) is 0.231. The summed E-state index contributed by atoms with van der Waals surface area (Å²) in [6, 6.07) is 9.74. The first-order chi connectivity index (χ1) is 8.70. The van der Waals surface area contributed by atoms with Crippen molar-refractivity contribution in [3.63, 3.8) is 0 Å². The lowest BCUT2D eigenvalue weighted by Gasteiger charge is -2.04. The van der Waals surface area contributed by atoms with Gasteiger partial charge in [0.1, 0.15) is 15.5 Å². The van der Waals surface area contributed by atoms with Crippen molar-refractivity contribution in [2.24, 2.45) is 0 Å². The minimum atomic E-state index is 0.557. The topological polar surface area (TPSA) is 25.8 Å². The Hall–Kier alpha value is -0.580. The zero-order valence-electron chi connectivity index (χ0n) is 9.44. The maximum Gasteiger partial charge on any atom is 0.134 e. The summed E-state index contributed by atoms with van der Waals surface area (Å²) in [6.07, 6.45) is 2.41. The molecule has 1 saturated carbocycles. The average Bonchev–Trinajstić information content (AvgIpc) is 3.11. The van der Waals surface area contributed by atoms with Gasteiger partial charge in [-0.1, -0.05) is 29.4 Å². The van der Waals surface area contributed by atoms with Crippen LogP contribution in [0.15, 0.2) is 44.9 Å². The highest BCUT2D eigenvalue weighted by molar-refractivity contribution is 9.10. The molecule has 1 aromatic carbocycles. The molecule has 1 heterocycles. The van der Waals surface area contributed by atoms with E-state index in [2.05, 4.69) is 25.9 Å². The van der Waals surface area contributed by atoms with Crippen molar-refractivity contribution in [3.05, 3.63) is 45.8 Å². The fourth-order valence-electron chi connectivity index (χ4n) is 1.64. The number of rotatable bonds is 3. The van der Waals surface area contributed by atoms with Crippen LogP contribution in [0.3, 0.4) is 0 Å². The Morgan fingerprint density at radius 1 is 1.22 bits per heavy atom. The Morgan fingerprint density at radius 2 is 2.06 bits per heavy atom. The van der Waals surface area contributed by atoms with E-state index in [0.717, 1.165) is 25.4 Å². The van der Waals surface area contributed by atoms with Gasteiger partial charge in [-0.3, -0.25) is 0 Å². The van der Waals surface area contributed by atoms with E-state index < -0.39 is 0 Å².